The zero-order valence-corrected chi connectivity index (χ0v) is 19.1. The summed E-state index contributed by atoms with van der Waals surface area (Å²) in [6.45, 7) is 1.43. The van der Waals surface area contributed by atoms with Gasteiger partial charge in [0.25, 0.3) is 10.0 Å². The molecule has 0 aliphatic carbocycles. The van der Waals surface area contributed by atoms with Gasteiger partial charge < -0.3 is 10.1 Å². The molecule has 0 atom stereocenters. The molecule has 11 heteroatoms. The van der Waals surface area contributed by atoms with Crippen molar-refractivity contribution in [1.82, 2.24) is 15.0 Å². The lowest BCUT2D eigenvalue weighted by Crippen LogP contribution is -2.27. The molecular formula is C21H19N5O4S2. The van der Waals surface area contributed by atoms with Gasteiger partial charge in [0.1, 0.15) is 5.75 Å². The minimum absolute atomic E-state index is 0.115. The van der Waals surface area contributed by atoms with Gasteiger partial charge >= 0.3 is 0 Å². The summed E-state index contributed by atoms with van der Waals surface area (Å²) in [5, 5.41) is 3.19. The van der Waals surface area contributed by atoms with E-state index >= 15 is 0 Å². The van der Waals surface area contributed by atoms with Crippen molar-refractivity contribution in [3.63, 3.8) is 0 Å². The van der Waals surface area contributed by atoms with Crippen LogP contribution in [-0.4, -0.2) is 43.4 Å². The third kappa shape index (κ3) is 4.25. The smallest absolute Gasteiger partial charge is 0.265 e. The summed E-state index contributed by atoms with van der Waals surface area (Å²) in [6, 6.07) is 11.7. The van der Waals surface area contributed by atoms with E-state index in [1.165, 1.54) is 50.7 Å². The van der Waals surface area contributed by atoms with Gasteiger partial charge in [0.2, 0.25) is 5.91 Å². The Morgan fingerprint density at radius 2 is 1.84 bits per heavy atom. The van der Waals surface area contributed by atoms with Gasteiger partial charge in [-0.2, -0.15) is 0 Å². The highest BCUT2D eigenvalue weighted by atomic mass is 32.2. The van der Waals surface area contributed by atoms with E-state index in [0.717, 1.165) is 20.1 Å². The maximum Gasteiger partial charge on any atom is 0.265 e. The average Bonchev–Trinajstić information content (AvgIpc) is 3.19. The van der Waals surface area contributed by atoms with Gasteiger partial charge in [0.05, 0.1) is 40.3 Å². The summed E-state index contributed by atoms with van der Waals surface area (Å²) in [5.74, 6) is 0.555. The van der Waals surface area contributed by atoms with Crippen molar-refractivity contribution in [2.75, 3.05) is 23.8 Å². The van der Waals surface area contributed by atoms with Crippen molar-refractivity contribution >= 4 is 48.4 Å². The second kappa shape index (κ2) is 8.52. The van der Waals surface area contributed by atoms with Crippen molar-refractivity contribution in [3.05, 3.63) is 54.9 Å². The molecule has 2 aromatic carbocycles. The molecule has 164 valence electrons. The van der Waals surface area contributed by atoms with Crippen molar-refractivity contribution in [1.29, 1.82) is 0 Å². The second-order valence-corrected chi connectivity index (χ2v) is 9.79. The van der Waals surface area contributed by atoms with Gasteiger partial charge in [-0.1, -0.05) is 17.4 Å². The summed E-state index contributed by atoms with van der Waals surface area (Å²) >= 11 is 1.34. The number of rotatable bonds is 6. The molecule has 0 aliphatic rings. The number of benzene rings is 2. The number of fused-ring (bicyclic) bond motifs is 1. The van der Waals surface area contributed by atoms with Crippen LogP contribution in [0.4, 0.5) is 10.9 Å². The first-order chi connectivity index (χ1) is 15.3. The van der Waals surface area contributed by atoms with Crippen molar-refractivity contribution < 1.29 is 17.9 Å². The Morgan fingerprint density at radius 1 is 1.09 bits per heavy atom. The van der Waals surface area contributed by atoms with Crippen LogP contribution < -0.4 is 14.4 Å². The number of nitrogens with one attached hydrogen (secondary N) is 1. The highest BCUT2D eigenvalue weighted by Gasteiger charge is 2.23. The maximum absolute atomic E-state index is 13.0. The minimum Gasteiger partial charge on any atom is -0.497 e. The van der Waals surface area contributed by atoms with Crippen LogP contribution in [0.15, 0.2) is 59.8 Å². The van der Waals surface area contributed by atoms with Gasteiger partial charge in [0, 0.05) is 19.5 Å². The fraction of sp³-hybridized carbons (Fsp3) is 0.143. The molecule has 1 N–H and O–H groups in total. The van der Waals surface area contributed by atoms with Crippen molar-refractivity contribution in [3.8, 4) is 17.0 Å². The van der Waals surface area contributed by atoms with E-state index in [-0.39, 0.29) is 16.6 Å². The molecule has 1 amide bonds. The second-order valence-electron chi connectivity index (χ2n) is 6.79. The van der Waals surface area contributed by atoms with Crippen LogP contribution in [-0.2, 0) is 14.8 Å². The Balaban J connectivity index is 1.66. The summed E-state index contributed by atoms with van der Waals surface area (Å²) in [5.41, 5.74) is 2.00. The van der Waals surface area contributed by atoms with E-state index < -0.39 is 10.0 Å². The van der Waals surface area contributed by atoms with Crippen LogP contribution in [0.2, 0.25) is 0 Å². The van der Waals surface area contributed by atoms with E-state index in [0.29, 0.717) is 16.6 Å². The lowest BCUT2D eigenvalue weighted by atomic mass is 10.1. The molecule has 2 aromatic heterocycles. The first-order valence-corrected chi connectivity index (χ1v) is 11.7. The number of ether oxygens (including phenoxy) is 1. The topological polar surface area (TPSA) is 114 Å². The monoisotopic (exact) mass is 469 g/mol. The number of sulfonamides is 1. The maximum atomic E-state index is 13.0. The number of aromatic nitrogens is 3. The number of anilines is 2. The number of methoxy groups -OCH3 is 1. The standard InChI is InChI=1S/C21H19N5O4S2/c1-13(27)23-21-25-17-9-4-14(10-19(17)31-21)18-11-22-12-20(24-18)26(2)32(28,29)16-7-5-15(30-3)6-8-16/h4-12H,1-3H3,(H,23,25,27). The molecule has 0 saturated carbocycles. The molecule has 0 radical (unpaired) electrons. The van der Waals surface area contributed by atoms with E-state index in [1.54, 1.807) is 18.3 Å². The van der Waals surface area contributed by atoms with Crippen molar-refractivity contribution in [2.24, 2.45) is 0 Å². The number of hydrogen-bond acceptors (Lipinski definition) is 8. The molecule has 0 spiro atoms. The Morgan fingerprint density at radius 3 is 2.53 bits per heavy atom. The Labute approximate surface area is 188 Å². The first kappa shape index (κ1) is 21.7. The number of hydrogen-bond donors (Lipinski definition) is 1. The molecular weight excluding hydrogens is 450 g/mol. The molecule has 2 heterocycles. The fourth-order valence-electron chi connectivity index (χ4n) is 2.96. The number of nitrogens with zero attached hydrogens (tertiary/aromatic N) is 4. The molecule has 0 saturated heterocycles. The Kier molecular flexibility index (Phi) is 5.76. The van der Waals surface area contributed by atoms with Gasteiger partial charge in [0.15, 0.2) is 10.9 Å². The molecule has 0 aliphatic heterocycles. The van der Waals surface area contributed by atoms with Gasteiger partial charge in [-0.05, 0) is 36.4 Å². The predicted molar refractivity (Wildman–Crippen MR) is 124 cm³/mol. The van der Waals surface area contributed by atoms with E-state index in [4.69, 9.17) is 4.74 Å². The largest absolute Gasteiger partial charge is 0.497 e. The van der Waals surface area contributed by atoms with Gasteiger partial charge in [-0.25, -0.2) is 18.4 Å². The van der Waals surface area contributed by atoms with E-state index in [1.807, 2.05) is 18.2 Å². The summed E-state index contributed by atoms with van der Waals surface area (Å²) in [7, 11) is -0.887. The molecule has 0 unspecified atom stereocenters. The summed E-state index contributed by atoms with van der Waals surface area (Å²) in [6.07, 6.45) is 2.96. The van der Waals surface area contributed by atoms with Crippen LogP contribution in [0.3, 0.4) is 0 Å². The van der Waals surface area contributed by atoms with E-state index in [2.05, 4.69) is 20.3 Å². The minimum atomic E-state index is -3.83. The van der Waals surface area contributed by atoms with Crippen LogP contribution >= 0.6 is 11.3 Å². The quantitative estimate of drug-likeness (QED) is 0.459. The molecule has 0 fully saturated rings. The highest BCUT2D eigenvalue weighted by molar-refractivity contribution is 7.92. The fourth-order valence-corrected chi connectivity index (χ4v) is 5.05. The number of carbonyl (C=O) groups excluding carboxylic acids is 1. The lowest BCUT2D eigenvalue weighted by Gasteiger charge is -2.18. The Hall–Kier alpha value is -3.57. The molecule has 4 aromatic rings. The van der Waals surface area contributed by atoms with E-state index in [9.17, 15) is 13.2 Å². The van der Waals surface area contributed by atoms with Crippen LogP contribution in [0, 0.1) is 0 Å². The highest BCUT2D eigenvalue weighted by Crippen LogP contribution is 2.31. The molecule has 9 nitrogen and oxygen atoms in total. The van der Waals surface area contributed by atoms with Gasteiger partial charge in [-0.15, -0.1) is 0 Å². The third-order valence-electron chi connectivity index (χ3n) is 4.63. The SMILES string of the molecule is COc1ccc(S(=O)(=O)N(C)c2cncc(-c3ccc4nc(NC(C)=O)sc4c3)n2)cc1. The predicted octanol–water partition coefficient (Wildman–Crippen LogP) is 3.55. The molecule has 4 rings (SSSR count). The lowest BCUT2D eigenvalue weighted by molar-refractivity contribution is -0.114. The molecule has 0 bridgehead atoms. The summed E-state index contributed by atoms with van der Waals surface area (Å²) < 4.78 is 33.1. The zero-order chi connectivity index (χ0) is 22.9. The third-order valence-corrected chi connectivity index (χ3v) is 7.34. The average molecular weight is 470 g/mol. The van der Waals surface area contributed by atoms with Crippen LogP contribution in [0.5, 0.6) is 5.75 Å². The number of thiazole rings is 1. The first-order valence-electron chi connectivity index (χ1n) is 9.41. The van der Waals surface area contributed by atoms with Crippen LogP contribution in [0.25, 0.3) is 21.5 Å². The Bertz CT molecular complexity index is 1400. The number of carbonyl (C=O) groups is 1. The number of amides is 1. The normalized spacial score (nSPS) is 11.3. The van der Waals surface area contributed by atoms with Crippen LogP contribution in [0.1, 0.15) is 6.92 Å². The zero-order valence-electron chi connectivity index (χ0n) is 17.4. The van der Waals surface area contributed by atoms with Gasteiger partial charge in [-0.3, -0.25) is 14.1 Å². The summed E-state index contributed by atoms with van der Waals surface area (Å²) in [4.78, 5) is 24.4. The van der Waals surface area contributed by atoms with Crippen molar-refractivity contribution in [2.45, 2.75) is 11.8 Å². The molecule has 32 heavy (non-hydrogen) atoms.